The van der Waals surface area contributed by atoms with Crippen molar-refractivity contribution >= 4 is 18.5 Å². The Morgan fingerprint density at radius 1 is 0.700 bits per heavy atom. The number of rotatable bonds is 15. The van der Waals surface area contributed by atoms with Gasteiger partial charge in [-0.25, -0.2) is 0 Å². The SMILES string of the molecule is COCCOCCCCCCCCCCC[Si](C)(C)Cl. The zero-order valence-corrected chi connectivity index (χ0v) is 15.6. The Morgan fingerprint density at radius 2 is 1.20 bits per heavy atom. The zero-order valence-electron chi connectivity index (χ0n) is 13.9. The molecule has 2 nitrogen and oxygen atoms in total. The molecular formula is C16H35ClO2Si. The lowest BCUT2D eigenvalue weighted by atomic mass is 10.1. The number of hydrogen-bond donors (Lipinski definition) is 0. The lowest BCUT2D eigenvalue weighted by Crippen LogP contribution is -2.14. The van der Waals surface area contributed by atoms with E-state index in [1.54, 1.807) is 7.11 Å². The second-order valence-electron chi connectivity index (χ2n) is 6.26. The molecule has 20 heavy (non-hydrogen) atoms. The molecule has 0 aromatic rings. The van der Waals surface area contributed by atoms with Gasteiger partial charge < -0.3 is 9.47 Å². The fraction of sp³-hybridized carbons (Fsp3) is 1.00. The Kier molecular flexibility index (Phi) is 14.7. The second-order valence-corrected chi connectivity index (χ2v) is 13.3. The van der Waals surface area contributed by atoms with Gasteiger partial charge in [-0.1, -0.05) is 64.5 Å². The Labute approximate surface area is 132 Å². The fourth-order valence-electron chi connectivity index (χ4n) is 2.23. The van der Waals surface area contributed by atoms with E-state index in [-0.39, 0.29) is 0 Å². The average Bonchev–Trinajstić information content (AvgIpc) is 2.38. The molecule has 0 rings (SSSR count). The molecule has 0 aromatic carbocycles. The molecule has 0 radical (unpaired) electrons. The molecular weight excluding hydrogens is 288 g/mol. The summed E-state index contributed by atoms with van der Waals surface area (Å²) in [5.41, 5.74) is 0. The van der Waals surface area contributed by atoms with Gasteiger partial charge in [-0.05, 0) is 12.5 Å². The van der Waals surface area contributed by atoms with Crippen molar-refractivity contribution in [3.63, 3.8) is 0 Å². The summed E-state index contributed by atoms with van der Waals surface area (Å²) in [5, 5.41) is 0. The highest BCUT2D eigenvalue weighted by Crippen LogP contribution is 2.19. The molecule has 0 spiro atoms. The van der Waals surface area contributed by atoms with Crippen LogP contribution in [0.2, 0.25) is 19.1 Å². The first-order chi connectivity index (χ1) is 9.56. The van der Waals surface area contributed by atoms with Crippen molar-refractivity contribution in [2.75, 3.05) is 26.9 Å². The molecule has 0 saturated carbocycles. The summed E-state index contributed by atoms with van der Waals surface area (Å²) >= 11 is 6.31. The third kappa shape index (κ3) is 18.4. The Balaban J connectivity index is 2.99. The van der Waals surface area contributed by atoms with Gasteiger partial charge >= 0.3 is 0 Å². The van der Waals surface area contributed by atoms with Crippen LogP contribution in [0.15, 0.2) is 0 Å². The maximum Gasteiger partial charge on any atom is 0.150 e. The summed E-state index contributed by atoms with van der Waals surface area (Å²) in [6, 6.07) is 1.28. The van der Waals surface area contributed by atoms with Gasteiger partial charge in [0.1, 0.15) is 7.38 Å². The lowest BCUT2D eigenvalue weighted by molar-refractivity contribution is 0.0685. The van der Waals surface area contributed by atoms with Gasteiger partial charge in [0, 0.05) is 13.7 Å². The molecule has 0 unspecified atom stereocenters. The first-order valence-electron chi connectivity index (χ1n) is 8.32. The molecule has 0 N–H and O–H groups in total. The zero-order chi connectivity index (χ0) is 15.1. The fourth-order valence-corrected chi connectivity index (χ4v) is 3.72. The molecule has 0 amide bonds. The number of unbranched alkanes of at least 4 members (excludes halogenated alkanes) is 8. The summed E-state index contributed by atoms with van der Waals surface area (Å²) in [4.78, 5) is 0. The van der Waals surface area contributed by atoms with Crippen molar-refractivity contribution in [3.8, 4) is 0 Å². The molecule has 0 aliphatic heterocycles. The predicted octanol–water partition coefficient (Wildman–Crippen LogP) is 5.60. The number of methoxy groups -OCH3 is 1. The lowest BCUT2D eigenvalue weighted by Gasteiger charge is -2.11. The van der Waals surface area contributed by atoms with Crippen LogP contribution in [0, 0.1) is 0 Å². The van der Waals surface area contributed by atoms with Crippen molar-refractivity contribution in [3.05, 3.63) is 0 Å². The first-order valence-corrected chi connectivity index (χ1v) is 12.5. The maximum absolute atomic E-state index is 6.31. The van der Waals surface area contributed by atoms with Crippen LogP contribution in [0.4, 0.5) is 0 Å². The summed E-state index contributed by atoms with van der Waals surface area (Å²) < 4.78 is 10.4. The predicted molar refractivity (Wildman–Crippen MR) is 92.4 cm³/mol. The number of hydrogen-bond acceptors (Lipinski definition) is 2. The van der Waals surface area contributed by atoms with Gasteiger partial charge in [-0.15, -0.1) is 0 Å². The van der Waals surface area contributed by atoms with Crippen molar-refractivity contribution in [1.29, 1.82) is 0 Å². The topological polar surface area (TPSA) is 18.5 Å². The van der Waals surface area contributed by atoms with Crippen LogP contribution >= 0.6 is 11.1 Å². The summed E-state index contributed by atoms with van der Waals surface area (Å²) in [7, 11) is 0.403. The van der Waals surface area contributed by atoms with Gasteiger partial charge in [-0.2, -0.15) is 11.1 Å². The van der Waals surface area contributed by atoms with E-state index < -0.39 is 7.38 Å². The van der Waals surface area contributed by atoms with E-state index >= 15 is 0 Å². The minimum absolute atomic E-state index is 0.712. The van der Waals surface area contributed by atoms with E-state index in [1.165, 1.54) is 63.8 Å². The maximum atomic E-state index is 6.31. The highest BCUT2D eigenvalue weighted by atomic mass is 35.6. The summed E-state index contributed by atoms with van der Waals surface area (Å²) in [6.07, 6.45) is 12.1. The second kappa shape index (κ2) is 14.4. The Hall–Kier alpha value is 0.427. The molecule has 0 fully saturated rings. The quantitative estimate of drug-likeness (QED) is 0.222. The van der Waals surface area contributed by atoms with E-state index in [1.807, 2.05) is 0 Å². The summed E-state index contributed by atoms with van der Waals surface area (Å²) in [6.45, 7) is 6.82. The molecule has 122 valence electrons. The molecule has 0 aliphatic rings. The van der Waals surface area contributed by atoms with Crippen LogP contribution in [0.25, 0.3) is 0 Å². The number of halogens is 1. The van der Waals surface area contributed by atoms with E-state index in [4.69, 9.17) is 20.6 Å². The van der Waals surface area contributed by atoms with Crippen LogP contribution in [0.3, 0.4) is 0 Å². The van der Waals surface area contributed by atoms with Crippen LogP contribution in [-0.2, 0) is 9.47 Å². The normalized spacial score (nSPS) is 12.0. The monoisotopic (exact) mass is 322 g/mol. The van der Waals surface area contributed by atoms with Crippen LogP contribution in [0.5, 0.6) is 0 Å². The van der Waals surface area contributed by atoms with Crippen molar-refractivity contribution in [2.24, 2.45) is 0 Å². The van der Waals surface area contributed by atoms with E-state index in [2.05, 4.69) is 13.1 Å². The summed E-state index contributed by atoms with van der Waals surface area (Å²) in [5.74, 6) is 0. The average molecular weight is 323 g/mol. The van der Waals surface area contributed by atoms with Crippen molar-refractivity contribution < 1.29 is 9.47 Å². The molecule has 4 heteroatoms. The largest absolute Gasteiger partial charge is 0.382 e. The van der Waals surface area contributed by atoms with Gasteiger partial charge in [0.05, 0.1) is 13.2 Å². The molecule has 0 aliphatic carbocycles. The Bertz CT molecular complexity index is 195. The van der Waals surface area contributed by atoms with Crippen LogP contribution in [0.1, 0.15) is 57.8 Å². The molecule has 0 aromatic heterocycles. The standard InChI is InChI=1S/C16H35ClO2Si/c1-18-14-15-19-13-11-9-7-5-4-6-8-10-12-16-20(2,3)17/h4-16H2,1-3H3. The molecule has 0 bridgehead atoms. The van der Waals surface area contributed by atoms with Gasteiger partial charge in [0.25, 0.3) is 0 Å². The highest BCUT2D eigenvalue weighted by Gasteiger charge is 2.15. The van der Waals surface area contributed by atoms with Gasteiger partial charge in [-0.3, -0.25) is 0 Å². The van der Waals surface area contributed by atoms with Crippen LogP contribution < -0.4 is 0 Å². The third-order valence-electron chi connectivity index (χ3n) is 3.49. The highest BCUT2D eigenvalue weighted by molar-refractivity contribution is 7.19. The van der Waals surface area contributed by atoms with Gasteiger partial charge in [0.2, 0.25) is 0 Å². The Morgan fingerprint density at radius 3 is 1.70 bits per heavy atom. The first kappa shape index (κ1) is 20.4. The van der Waals surface area contributed by atoms with E-state index in [0.717, 1.165) is 13.2 Å². The molecule has 0 atom stereocenters. The minimum Gasteiger partial charge on any atom is -0.382 e. The smallest absolute Gasteiger partial charge is 0.150 e. The van der Waals surface area contributed by atoms with Crippen molar-refractivity contribution in [1.82, 2.24) is 0 Å². The van der Waals surface area contributed by atoms with E-state index in [9.17, 15) is 0 Å². The molecule has 0 heterocycles. The minimum atomic E-state index is -1.31. The molecule has 0 saturated heterocycles. The number of ether oxygens (including phenoxy) is 2. The van der Waals surface area contributed by atoms with Gasteiger partial charge in [0.15, 0.2) is 0 Å². The van der Waals surface area contributed by atoms with Crippen LogP contribution in [-0.4, -0.2) is 34.3 Å². The van der Waals surface area contributed by atoms with Crippen molar-refractivity contribution in [2.45, 2.75) is 76.9 Å². The third-order valence-corrected chi connectivity index (χ3v) is 5.60. The van der Waals surface area contributed by atoms with E-state index in [0.29, 0.717) is 6.61 Å².